The van der Waals surface area contributed by atoms with Crippen LogP contribution in [-0.2, 0) is 6.54 Å². The van der Waals surface area contributed by atoms with Crippen LogP contribution in [0.25, 0.3) is 11.1 Å². The van der Waals surface area contributed by atoms with Crippen LogP contribution in [0.5, 0.6) is 0 Å². The first-order valence-corrected chi connectivity index (χ1v) is 6.68. The van der Waals surface area contributed by atoms with Gasteiger partial charge in [0.25, 0.3) is 0 Å². The van der Waals surface area contributed by atoms with E-state index in [0.717, 1.165) is 35.8 Å². The molecule has 0 radical (unpaired) electrons. The normalized spacial score (nSPS) is 19.3. The van der Waals surface area contributed by atoms with Crippen molar-refractivity contribution in [2.75, 3.05) is 13.1 Å². The van der Waals surface area contributed by atoms with Gasteiger partial charge in [-0.05, 0) is 43.1 Å². The maximum Gasteiger partial charge on any atom is 0.0568 e. The summed E-state index contributed by atoms with van der Waals surface area (Å²) in [4.78, 5) is 0. The van der Waals surface area contributed by atoms with Gasteiger partial charge in [0.1, 0.15) is 0 Å². The lowest BCUT2D eigenvalue weighted by atomic mass is 10.1. The first kappa shape index (κ1) is 11.8. The Bertz CT molecular complexity index is 512. The molecule has 2 aromatic rings. The molecule has 0 bridgehead atoms. The van der Waals surface area contributed by atoms with Gasteiger partial charge in [0.05, 0.1) is 6.20 Å². The topological polar surface area (TPSA) is 29.9 Å². The highest BCUT2D eigenvalue weighted by atomic mass is 35.5. The maximum absolute atomic E-state index is 5.89. The Hall–Kier alpha value is -1.32. The number of hydrogen-bond donors (Lipinski definition) is 1. The molecule has 0 amide bonds. The van der Waals surface area contributed by atoms with E-state index in [1.807, 2.05) is 35.1 Å². The van der Waals surface area contributed by atoms with E-state index in [1.54, 1.807) is 0 Å². The van der Waals surface area contributed by atoms with Gasteiger partial charge in [-0.2, -0.15) is 5.10 Å². The summed E-state index contributed by atoms with van der Waals surface area (Å²) in [5, 5.41) is 8.58. The SMILES string of the molecule is Clc1ccc(-c2cnn(CC3CCNC3)c2)cc1. The molecule has 4 heteroatoms. The molecule has 1 saturated heterocycles. The predicted octanol–water partition coefficient (Wildman–Crippen LogP) is 2.81. The minimum atomic E-state index is 0.711. The summed E-state index contributed by atoms with van der Waals surface area (Å²) in [6.45, 7) is 3.24. The summed E-state index contributed by atoms with van der Waals surface area (Å²) >= 11 is 5.89. The fourth-order valence-corrected chi connectivity index (χ4v) is 2.52. The van der Waals surface area contributed by atoms with Gasteiger partial charge in [-0.15, -0.1) is 0 Å². The minimum Gasteiger partial charge on any atom is -0.316 e. The number of rotatable bonds is 3. The Kier molecular flexibility index (Phi) is 3.35. The molecule has 1 fully saturated rings. The second-order valence-corrected chi connectivity index (χ2v) is 5.25. The standard InChI is InChI=1S/C14H16ClN3/c15-14-3-1-12(2-4-14)13-8-17-18(10-13)9-11-5-6-16-7-11/h1-4,8,10-11,16H,5-7,9H2. The molecule has 0 aliphatic carbocycles. The van der Waals surface area contributed by atoms with Crippen LogP contribution in [0.1, 0.15) is 6.42 Å². The third-order valence-electron chi connectivity index (χ3n) is 3.42. The van der Waals surface area contributed by atoms with Gasteiger partial charge in [0.15, 0.2) is 0 Å². The maximum atomic E-state index is 5.89. The van der Waals surface area contributed by atoms with E-state index in [9.17, 15) is 0 Å². The van der Waals surface area contributed by atoms with Gasteiger partial charge in [-0.1, -0.05) is 23.7 Å². The van der Waals surface area contributed by atoms with Crippen molar-refractivity contribution in [2.24, 2.45) is 5.92 Å². The van der Waals surface area contributed by atoms with E-state index >= 15 is 0 Å². The smallest absolute Gasteiger partial charge is 0.0568 e. The first-order chi connectivity index (χ1) is 8.81. The van der Waals surface area contributed by atoms with E-state index in [1.165, 1.54) is 6.42 Å². The molecule has 3 rings (SSSR count). The van der Waals surface area contributed by atoms with E-state index in [0.29, 0.717) is 5.92 Å². The number of nitrogens with one attached hydrogen (secondary N) is 1. The van der Waals surface area contributed by atoms with Crippen LogP contribution in [0.2, 0.25) is 5.02 Å². The summed E-state index contributed by atoms with van der Waals surface area (Å²) < 4.78 is 2.04. The van der Waals surface area contributed by atoms with Gasteiger partial charge < -0.3 is 5.32 Å². The zero-order valence-corrected chi connectivity index (χ0v) is 10.9. The van der Waals surface area contributed by atoms with Crippen LogP contribution >= 0.6 is 11.6 Å². The van der Waals surface area contributed by atoms with Gasteiger partial charge >= 0.3 is 0 Å². The average Bonchev–Trinajstić information content (AvgIpc) is 3.02. The molecule has 1 unspecified atom stereocenters. The summed E-state index contributed by atoms with van der Waals surface area (Å²) in [5.74, 6) is 0.711. The monoisotopic (exact) mass is 261 g/mol. The largest absolute Gasteiger partial charge is 0.316 e. The highest BCUT2D eigenvalue weighted by molar-refractivity contribution is 6.30. The van der Waals surface area contributed by atoms with E-state index in [2.05, 4.69) is 16.6 Å². The molecule has 1 atom stereocenters. The van der Waals surface area contributed by atoms with Gasteiger partial charge in [0, 0.05) is 23.3 Å². The summed E-state index contributed by atoms with van der Waals surface area (Å²) in [5.41, 5.74) is 2.31. The summed E-state index contributed by atoms with van der Waals surface area (Å²) in [6.07, 6.45) is 5.28. The molecule has 1 aromatic carbocycles. The van der Waals surface area contributed by atoms with Crippen LogP contribution < -0.4 is 5.32 Å². The number of aromatic nitrogens is 2. The Morgan fingerprint density at radius 3 is 2.83 bits per heavy atom. The predicted molar refractivity (Wildman–Crippen MR) is 73.6 cm³/mol. The lowest BCUT2D eigenvalue weighted by Crippen LogP contribution is -2.14. The number of hydrogen-bond acceptors (Lipinski definition) is 2. The van der Waals surface area contributed by atoms with Crippen molar-refractivity contribution in [3.63, 3.8) is 0 Å². The quantitative estimate of drug-likeness (QED) is 0.921. The molecule has 0 saturated carbocycles. The van der Waals surface area contributed by atoms with Crippen molar-refractivity contribution >= 4 is 11.6 Å². The Balaban J connectivity index is 1.74. The molecule has 1 N–H and O–H groups in total. The second kappa shape index (κ2) is 5.12. The van der Waals surface area contributed by atoms with Crippen LogP contribution in [0.15, 0.2) is 36.7 Å². The van der Waals surface area contributed by atoms with E-state index in [-0.39, 0.29) is 0 Å². The van der Waals surface area contributed by atoms with Crippen LogP contribution in [0, 0.1) is 5.92 Å². The Labute approximate surface area is 112 Å². The van der Waals surface area contributed by atoms with E-state index in [4.69, 9.17) is 11.6 Å². The molecule has 94 valence electrons. The first-order valence-electron chi connectivity index (χ1n) is 6.30. The Morgan fingerprint density at radius 2 is 2.11 bits per heavy atom. The van der Waals surface area contributed by atoms with Gasteiger partial charge in [-0.3, -0.25) is 4.68 Å². The number of benzene rings is 1. The molecule has 3 nitrogen and oxygen atoms in total. The molecular formula is C14H16ClN3. The average molecular weight is 262 g/mol. The van der Waals surface area contributed by atoms with Crippen LogP contribution in [0.3, 0.4) is 0 Å². The van der Waals surface area contributed by atoms with E-state index < -0.39 is 0 Å². The zero-order valence-electron chi connectivity index (χ0n) is 10.1. The third-order valence-corrected chi connectivity index (χ3v) is 3.67. The molecule has 1 aliphatic heterocycles. The summed E-state index contributed by atoms with van der Waals surface area (Å²) in [7, 11) is 0. The van der Waals surface area contributed by atoms with Gasteiger partial charge in [-0.25, -0.2) is 0 Å². The number of halogens is 1. The zero-order chi connectivity index (χ0) is 12.4. The number of nitrogens with zero attached hydrogens (tertiary/aromatic N) is 2. The highest BCUT2D eigenvalue weighted by Crippen LogP contribution is 2.21. The minimum absolute atomic E-state index is 0.711. The van der Waals surface area contributed by atoms with Crippen molar-refractivity contribution in [3.05, 3.63) is 41.7 Å². The molecular weight excluding hydrogens is 246 g/mol. The molecule has 1 aliphatic rings. The van der Waals surface area contributed by atoms with Gasteiger partial charge in [0.2, 0.25) is 0 Å². The lowest BCUT2D eigenvalue weighted by Gasteiger charge is -2.07. The molecule has 1 aromatic heterocycles. The van der Waals surface area contributed by atoms with Crippen LogP contribution in [-0.4, -0.2) is 22.9 Å². The van der Waals surface area contributed by atoms with Crippen molar-refractivity contribution in [1.82, 2.24) is 15.1 Å². The lowest BCUT2D eigenvalue weighted by molar-refractivity contribution is 0.449. The summed E-state index contributed by atoms with van der Waals surface area (Å²) in [6, 6.07) is 7.88. The fourth-order valence-electron chi connectivity index (χ4n) is 2.39. The Morgan fingerprint density at radius 1 is 1.28 bits per heavy atom. The van der Waals surface area contributed by atoms with Crippen molar-refractivity contribution in [3.8, 4) is 11.1 Å². The molecule has 0 spiro atoms. The molecule has 18 heavy (non-hydrogen) atoms. The second-order valence-electron chi connectivity index (χ2n) is 4.82. The third kappa shape index (κ3) is 2.57. The highest BCUT2D eigenvalue weighted by Gasteiger charge is 2.15. The molecule has 2 heterocycles. The van der Waals surface area contributed by atoms with Crippen molar-refractivity contribution in [1.29, 1.82) is 0 Å². The fraction of sp³-hybridized carbons (Fsp3) is 0.357. The van der Waals surface area contributed by atoms with Crippen LogP contribution in [0.4, 0.5) is 0 Å². The van der Waals surface area contributed by atoms with Crippen molar-refractivity contribution < 1.29 is 0 Å². The van der Waals surface area contributed by atoms with Crippen molar-refractivity contribution in [2.45, 2.75) is 13.0 Å².